The van der Waals surface area contributed by atoms with E-state index in [1.807, 2.05) is 30.3 Å². The third-order valence-electron chi connectivity index (χ3n) is 4.77. The molecule has 4 rings (SSSR count). The van der Waals surface area contributed by atoms with Crippen LogP contribution in [0.25, 0.3) is 11.3 Å². The van der Waals surface area contributed by atoms with E-state index in [0.29, 0.717) is 17.7 Å². The van der Waals surface area contributed by atoms with Crippen LogP contribution in [0.3, 0.4) is 0 Å². The van der Waals surface area contributed by atoms with Crippen molar-refractivity contribution < 1.29 is 4.74 Å². The molecule has 1 fully saturated rings. The number of rotatable bonds is 5. The number of ether oxygens (including phenoxy) is 1. The lowest BCUT2D eigenvalue weighted by Crippen LogP contribution is -2.27. The molecule has 0 aliphatic carbocycles. The summed E-state index contributed by atoms with van der Waals surface area (Å²) < 4.78 is 5.12. The van der Waals surface area contributed by atoms with Gasteiger partial charge in [-0.1, -0.05) is 30.3 Å². The molecule has 3 heterocycles. The smallest absolute Gasteiger partial charge is 0.228 e. The minimum Gasteiger partial charge on any atom is -0.481 e. The summed E-state index contributed by atoms with van der Waals surface area (Å²) in [4.78, 5) is 13.8. The summed E-state index contributed by atoms with van der Waals surface area (Å²) in [6.07, 6.45) is 3.91. The fourth-order valence-electron chi connectivity index (χ4n) is 3.31. The van der Waals surface area contributed by atoms with Crippen LogP contribution in [-0.4, -0.2) is 35.2 Å². The molecule has 0 saturated carbocycles. The molecule has 0 amide bonds. The molecule has 1 saturated heterocycles. The summed E-state index contributed by atoms with van der Waals surface area (Å²) >= 11 is 0. The highest BCUT2D eigenvalue weighted by atomic mass is 16.5. The molecule has 138 valence electrons. The van der Waals surface area contributed by atoms with E-state index in [4.69, 9.17) is 14.7 Å². The Morgan fingerprint density at radius 2 is 1.85 bits per heavy atom. The summed E-state index contributed by atoms with van der Waals surface area (Å²) in [5.74, 6) is 1.62. The van der Waals surface area contributed by atoms with E-state index in [1.54, 1.807) is 13.3 Å². The number of hydrogen-bond donors (Lipinski definition) is 2. The van der Waals surface area contributed by atoms with Crippen molar-refractivity contribution >= 4 is 11.6 Å². The number of pyridine rings is 1. The van der Waals surface area contributed by atoms with E-state index >= 15 is 0 Å². The number of aromatic nitrogens is 3. The topological polar surface area (TPSA) is 72.0 Å². The molecule has 2 N–H and O–H groups in total. The monoisotopic (exact) mass is 361 g/mol. The molecule has 1 aliphatic heterocycles. The number of benzene rings is 1. The Morgan fingerprint density at radius 1 is 1.04 bits per heavy atom. The SMILES string of the molecule is COc1ccc(Nc2nc(-c3ccccc3)cc(C3CCNCC3)n2)cn1. The van der Waals surface area contributed by atoms with Crippen LogP contribution >= 0.6 is 0 Å². The van der Waals surface area contributed by atoms with Gasteiger partial charge in [-0.2, -0.15) is 0 Å². The van der Waals surface area contributed by atoms with Gasteiger partial charge in [0.15, 0.2) is 0 Å². The Balaban J connectivity index is 1.68. The molecule has 27 heavy (non-hydrogen) atoms. The zero-order chi connectivity index (χ0) is 18.5. The molecule has 0 spiro atoms. The average Bonchev–Trinajstić information content (AvgIpc) is 2.75. The van der Waals surface area contributed by atoms with E-state index in [0.717, 1.165) is 48.6 Å². The van der Waals surface area contributed by atoms with Gasteiger partial charge >= 0.3 is 0 Å². The van der Waals surface area contributed by atoms with Crippen molar-refractivity contribution in [2.75, 3.05) is 25.5 Å². The van der Waals surface area contributed by atoms with Crippen LogP contribution in [0.2, 0.25) is 0 Å². The summed E-state index contributed by atoms with van der Waals surface area (Å²) in [6.45, 7) is 2.06. The second-order valence-electron chi connectivity index (χ2n) is 6.61. The molecule has 0 atom stereocenters. The molecule has 2 aromatic heterocycles. The van der Waals surface area contributed by atoms with Crippen molar-refractivity contribution in [1.82, 2.24) is 20.3 Å². The number of anilines is 2. The van der Waals surface area contributed by atoms with Gasteiger partial charge < -0.3 is 15.4 Å². The first kappa shape index (κ1) is 17.4. The Morgan fingerprint density at radius 3 is 2.56 bits per heavy atom. The van der Waals surface area contributed by atoms with Crippen LogP contribution in [0.15, 0.2) is 54.7 Å². The Bertz CT molecular complexity index is 877. The molecule has 1 aromatic carbocycles. The fourth-order valence-corrected chi connectivity index (χ4v) is 3.31. The third kappa shape index (κ3) is 4.23. The van der Waals surface area contributed by atoms with Gasteiger partial charge in [-0.05, 0) is 38.1 Å². The maximum atomic E-state index is 5.12. The first-order chi connectivity index (χ1) is 13.3. The minimum absolute atomic E-state index is 0.450. The van der Waals surface area contributed by atoms with E-state index in [9.17, 15) is 0 Å². The van der Waals surface area contributed by atoms with Crippen molar-refractivity contribution in [3.8, 4) is 17.1 Å². The Kier molecular flexibility index (Phi) is 5.25. The number of nitrogens with zero attached hydrogens (tertiary/aromatic N) is 3. The molecule has 3 aromatic rings. The van der Waals surface area contributed by atoms with Gasteiger partial charge in [0.05, 0.1) is 24.7 Å². The van der Waals surface area contributed by atoms with Gasteiger partial charge in [0.2, 0.25) is 11.8 Å². The molecule has 0 radical (unpaired) electrons. The van der Waals surface area contributed by atoms with E-state index in [1.165, 1.54) is 0 Å². The van der Waals surface area contributed by atoms with Crippen LogP contribution in [0.5, 0.6) is 5.88 Å². The second-order valence-corrected chi connectivity index (χ2v) is 6.61. The lowest BCUT2D eigenvalue weighted by Gasteiger charge is -2.23. The average molecular weight is 361 g/mol. The summed E-state index contributed by atoms with van der Waals surface area (Å²) in [5.41, 5.74) is 3.95. The Hall–Kier alpha value is -2.99. The highest BCUT2D eigenvalue weighted by Gasteiger charge is 2.19. The van der Waals surface area contributed by atoms with Gasteiger partial charge in [0.25, 0.3) is 0 Å². The normalized spacial score (nSPS) is 14.7. The largest absolute Gasteiger partial charge is 0.481 e. The number of piperidine rings is 1. The number of nitrogens with one attached hydrogen (secondary N) is 2. The van der Waals surface area contributed by atoms with Gasteiger partial charge in [-0.3, -0.25) is 0 Å². The zero-order valence-electron chi connectivity index (χ0n) is 15.4. The van der Waals surface area contributed by atoms with Crippen molar-refractivity contribution in [2.24, 2.45) is 0 Å². The zero-order valence-corrected chi connectivity index (χ0v) is 15.4. The molecule has 0 bridgehead atoms. The summed E-state index contributed by atoms with van der Waals surface area (Å²) in [7, 11) is 1.60. The van der Waals surface area contributed by atoms with Crippen molar-refractivity contribution in [1.29, 1.82) is 0 Å². The van der Waals surface area contributed by atoms with Gasteiger partial charge in [-0.25, -0.2) is 15.0 Å². The van der Waals surface area contributed by atoms with E-state index < -0.39 is 0 Å². The van der Waals surface area contributed by atoms with Crippen molar-refractivity contribution in [2.45, 2.75) is 18.8 Å². The molecule has 6 nitrogen and oxygen atoms in total. The maximum Gasteiger partial charge on any atom is 0.228 e. The third-order valence-corrected chi connectivity index (χ3v) is 4.77. The lowest BCUT2D eigenvalue weighted by molar-refractivity contribution is 0.398. The van der Waals surface area contributed by atoms with Crippen LogP contribution in [0, 0.1) is 0 Å². The van der Waals surface area contributed by atoms with Crippen LogP contribution in [0.1, 0.15) is 24.5 Å². The highest BCUT2D eigenvalue weighted by Crippen LogP contribution is 2.29. The van der Waals surface area contributed by atoms with Gasteiger partial charge in [-0.15, -0.1) is 0 Å². The van der Waals surface area contributed by atoms with Gasteiger partial charge in [0, 0.05) is 23.2 Å². The summed E-state index contributed by atoms with van der Waals surface area (Å²) in [6, 6.07) is 16.1. The second kappa shape index (κ2) is 8.14. The predicted molar refractivity (Wildman–Crippen MR) is 106 cm³/mol. The molecular formula is C21H23N5O. The van der Waals surface area contributed by atoms with Gasteiger partial charge in [0.1, 0.15) is 0 Å². The molecule has 0 unspecified atom stereocenters. The number of hydrogen-bond acceptors (Lipinski definition) is 6. The van der Waals surface area contributed by atoms with E-state index in [-0.39, 0.29) is 0 Å². The molecule has 6 heteroatoms. The molecular weight excluding hydrogens is 338 g/mol. The Labute approximate surface area is 159 Å². The minimum atomic E-state index is 0.450. The fraction of sp³-hybridized carbons (Fsp3) is 0.286. The maximum absolute atomic E-state index is 5.12. The quantitative estimate of drug-likeness (QED) is 0.721. The highest BCUT2D eigenvalue weighted by molar-refractivity contribution is 5.62. The molecule has 1 aliphatic rings. The standard InChI is InChI=1S/C21H23N5O/c1-27-20-8-7-17(14-23-20)24-21-25-18(15-5-3-2-4-6-15)13-19(26-21)16-9-11-22-12-10-16/h2-8,13-14,16,22H,9-12H2,1H3,(H,24,25,26). The van der Waals surface area contributed by atoms with Crippen molar-refractivity contribution in [3.05, 3.63) is 60.4 Å². The first-order valence-electron chi connectivity index (χ1n) is 9.24. The predicted octanol–water partition coefficient (Wildman–Crippen LogP) is 3.76. The lowest BCUT2D eigenvalue weighted by atomic mass is 9.93. The number of methoxy groups -OCH3 is 1. The van der Waals surface area contributed by atoms with Crippen LogP contribution in [0.4, 0.5) is 11.6 Å². The van der Waals surface area contributed by atoms with E-state index in [2.05, 4.69) is 33.8 Å². The summed E-state index contributed by atoms with van der Waals surface area (Å²) in [5, 5.41) is 6.71. The van der Waals surface area contributed by atoms with Crippen LogP contribution in [-0.2, 0) is 0 Å². The first-order valence-corrected chi connectivity index (χ1v) is 9.24. The van der Waals surface area contributed by atoms with Crippen LogP contribution < -0.4 is 15.4 Å². The van der Waals surface area contributed by atoms with Crippen molar-refractivity contribution in [3.63, 3.8) is 0 Å².